The first-order chi connectivity index (χ1) is 14.8. The molecule has 160 valence electrons. The molecule has 0 saturated heterocycles. The Morgan fingerprint density at radius 3 is 2.32 bits per heavy atom. The molecule has 0 aliphatic rings. The van der Waals surface area contributed by atoms with Gasteiger partial charge in [-0.3, -0.25) is 14.6 Å². The number of nitrogens with one attached hydrogen (secondary N) is 2. The first kappa shape index (κ1) is 21.9. The highest BCUT2D eigenvalue weighted by molar-refractivity contribution is 5.90. The second-order valence-electron chi connectivity index (χ2n) is 7.18. The number of amides is 2. The molecule has 3 N–H and O–H groups in total. The van der Waals surface area contributed by atoms with Gasteiger partial charge in [0.25, 0.3) is 0 Å². The third-order valence-corrected chi connectivity index (χ3v) is 4.73. The minimum Gasteiger partial charge on any atom is -0.480 e. The van der Waals surface area contributed by atoms with E-state index in [1.807, 2.05) is 30.3 Å². The molecule has 0 bridgehead atoms. The molecule has 3 rings (SSSR count). The van der Waals surface area contributed by atoms with Gasteiger partial charge < -0.3 is 15.7 Å². The number of benzene rings is 2. The summed E-state index contributed by atoms with van der Waals surface area (Å²) in [6, 6.07) is 14.3. The van der Waals surface area contributed by atoms with Crippen molar-refractivity contribution in [2.24, 2.45) is 0 Å². The number of carbonyl (C=O) groups excluding carboxylic acids is 2. The number of nitrogens with zero attached hydrogens (tertiary/aromatic N) is 1. The van der Waals surface area contributed by atoms with Crippen molar-refractivity contribution < 1.29 is 23.9 Å². The molecule has 0 unspecified atom stereocenters. The van der Waals surface area contributed by atoms with E-state index in [-0.39, 0.29) is 12.8 Å². The van der Waals surface area contributed by atoms with E-state index in [4.69, 9.17) is 0 Å². The van der Waals surface area contributed by atoms with Crippen LogP contribution in [-0.2, 0) is 27.2 Å². The molecule has 2 amide bonds. The number of rotatable bonds is 8. The zero-order chi connectivity index (χ0) is 22.4. The van der Waals surface area contributed by atoms with Crippen molar-refractivity contribution in [2.45, 2.75) is 31.8 Å². The van der Waals surface area contributed by atoms with Crippen LogP contribution >= 0.6 is 0 Å². The maximum absolute atomic E-state index is 13.1. The van der Waals surface area contributed by atoms with E-state index in [9.17, 15) is 23.9 Å². The lowest BCUT2D eigenvalue weighted by atomic mass is 10.0. The Balaban J connectivity index is 1.74. The Bertz CT molecular complexity index is 1100. The molecule has 0 aliphatic carbocycles. The van der Waals surface area contributed by atoms with Gasteiger partial charge in [0, 0.05) is 30.8 Å². The Morgan fingerprint density at radius 2 is 1.65 bits per heavy atom. The van der Waals surface area contributed by atoms with Gasteiger partial charge in [-0.1, -0.05) is 36.4 Å². The third kappa shape index (κ3) is 6.08. The molecular formula is C23H22FN3O4. The van der Waals surface area contributed by atoms with E-state index < -0.39 is 35.7 Å². The zero-order valence-electron chi connectivity index (χ0n) is 16.8. The first-order valence-electron chi connectivity index (χ1n) is 9.71. The van der Waals surface area contributed by atoms with Crippen molar-refractivity contribution in [1.29, 1.82) is 0 Å². The molecule has 2 aromatic carbocycles. The number of para-hydroxylation sites is 1. The number of halogens is 1. The van der Waals surface area contributed by atoms with E-state index in [0.717, 1.165) is 10.9 Å². The molecule has 0 aliphatic heterocycles. The summed E-state index contributed by atoms with van der Waals surface area (Å²) in [7, 11) is 0. The smallest absolute Gasteiger partial charge is 0.326 e. The molecule has 0 radical (unpaired) electrons. The van der Waals surface area contributed by atoms with Gasteiger partial charge in [-0.2, -0.15) is 0 Å². The average molecular weight is 423 g/mol. The Hall–Kier alpha value is -3.81. The van der Waals surface area contributed by atoms with Crippen molar-refractivity contribution in [3.05, 3.63) is 77.7 Å². The topological polar surface area (TPSA) is 108 Å². The summed E-state index contributed by atoms with van der Waals surface area (Å²) >= 11 is 0. The van der Waals surface area contributed by atoms with Crippen LogP contribution in [0, 0.1) is 5.82 Å². The molecule has 0 saturated carbocycles. The van der Waals surface area contributed by atoms with E-state index in [2.05, 4.69) is 15.6 Å². The number of pyridine rings is 1. The fourth-order valence-electron chi connectivity index (χ4n) is 3.21. The largest absolute Gasteiger partial charge is 0.480 e. The second-order valence-corrected chi connectivity index (χ2v) is 7.18. The van der Waals surface area contributed by atoms with Gasteiger partial charge in [0.1, 0.15) is 17.9 Å². The van der Waals surface area contributed by atoms with Crippen LogP contribution in [0.1, 0.15) is 18.2 Å². The molecule has 7 nitrogen and oxygen atoms in total. The van der Waals surface area contributed by atoms with E-state index in [0.29, 0.717) is 11.3 Å². The van der Waals surface area contributed by atoms with Crippen LogP contribution in [0.25, 0.3) is 10.9 Å². The standard InChI is InChI=1S/C23H22FN3O4/c1-14(28)25-20(12-15-6-9-17(24)10-7-15)22(29)27-21(23(30)31)13-18-11-8-16-4-2-3-5-19(16)26-18/h2-11,20-21H,12-13H2,1H3,(H,25,28)(H,27,29)(H,30,31)/t20-,21-/m0/s1. The molecular weight excluding hydrogens is 401 g/mol. The number of hydrogen-bond donors (Lipinski definition) is 3. The van der Waals surface area contributed by atoms with Crippen LogP contribution in [0.15, 0.2) is 60.7 Å². The van der Waals surface area contributed by atoms with Crippen LogP contribution in [0.4, 0.5) is 4.39 Å². The predicted octanol–water partition coefficient (Wildman–Crippen LogP) is 2.23. The van der Waals surface area contributed by atoms with Gasteiger partial charge >= 0.3 is 5.97 Å². The zero-order valence-corrected chi connectivity index (χ0v) is 16.8. The van der Waals surface area contributed by atoms with E-state index in [1.54, 1.807) is 6.07 Å². The fourth-order valence-corrected chi connectivity index (χ4v) is 3.21. The summed E-state index contributed by atoms with van der Waals surface area (Å²) < 4.78 is 13.1. The maximum atomic E-state index is 13.1. The number of fused-ring (bicyclic) bond motifs is 1. The number of aromatic nitrogens is 1. The fraction of sp³-hybridized carbons (Fsp3) is 0.217. The van der Waals surface area contributed by atoms with Crippen LogP contribution in [0.2, 0.25) is 0 Å². The summed E-state index contributed by atoms with van der Waals surface area (Å²) in [4.78, 5) is 40.6. The van der Waals surface area contributed by atoms with Crippen LogP contribution in [0.5, 0.6) is 0 Å². The predicted molar refractivity (Wildman–Crippen MR) is 113 cm³/mol. The normalized spacial score (nSPS) is 12.7. The van der Waals surface area contributed by atoms with Crippen molar-refractivity contribution in [1.82, 2.24) is 15.6 Å². The molecule has 0 spiro atoms. The summed E-state index contributed by atoms with van der Waals surface area (Å²) in [5, 5.41) is 15.5. The van der Waals surface area contributed by atoms with Crippen LogP contribution < -0.4 is 10.6 Å². The molecule has 31 heavy (non-hydrogen) atoms. The van der Waals surface area contributed by atoms with Gasteiger partial charge in [-0.25, -0.2) is 9.18 Å². The summed E-state index contributed by atoms with van der Waals surface area (Å²) in [6.07, 6.45) is 0.0709. The first-order valence-corrected chi connectivity index (χ1v) is 9.71. The summed E-state index contributed by atoms with van der Waals surface area (Å²) in [6.45, 7) is 1.26. The Kier molecular flexibility index (Phi) is 6.92. The number of hydrogen-bond acceptors (Lipinski definition) is 4. The van der Waals surface area contributed by atoms with Crippen molar-refractivity contribution in [2.75, 3.05) is 0 Å². The minimum atomic E-state index is -1.23. The molecule has 1 aromatic heterocycles. The van der Waals surface area contributed by atoms with Crippen molar-refractivity contribution in [3.63, 3.8) is 0 Å². The number of carbonyl (C=O) groups is 3. The van der Waals surface area contributed by atoms with Gasteiger partial charge in [0.2, 0.25) is 11.8 Å². The lowest BCUT2D eigenvalue weighted by Gasteiger charge is -2.21. The van der Waals surface area contributed by atoms with Gasteiger partial charge in [-0.15, -0.1) is 0 Å². The highest BCUT2D eigenvalue weighted by Crippen LogP contribution is 2.13. The molecule has 3 aromatic rings. The molecule has 0 fully saturated rings. The van der Waals surface area contributed by atoms with Crippen LogP contribution in [0.3, 0.4) is 0 Å². The van der Waals surface area contributed by atoms with E-state index in [1.165, 1.54) is 31.2 Å². The van der Waals surface area contributed by atoms with Gasteiger partial charge in [-0.05, 0) is 29.8 Å². The van der Waals surface area contributed by atoms with Crippen molar-refractivity contribution in [3.8, 4) is 0 Å². The molecule has 2 atom stereocenters. The quantitative estimate of drug-likeness (QED) is 0.515. The Morgan fingerprint density at radius 1 is 0.935 bits per heavy atom. The lowest BCUT2D eigenvalue weighted by molar-refractivity contribution is -0.142. The van der Waals surface area contributed by atoms with Crippen molar-refractivity contribution >= 4 is 28.7 Å². The third-order valence-electron chi connectivity index (χ3n) is 4.73. The SMILES string of the molecule is CC(=O)N[C@@H](Cc1ccc(F)cc1)C(=O)N[C@@H](Cc1ccc2ccccc2n1)C(=O)O. The number of carboxylic acids is 1. The summed E-state index contributed by atoms with van der Waals surface area (Å²) in [5.74, 6) is -2.72. The Labute approximate surface area is 178 Å². The summed E-state index contributed by atoms with van der Waals surface area (Å²) in [5.41, 5.74) is 1.86. The maximum Gasteiger partial charge on any atom is 0.326 e. The number of carboxylic acid groups (broad SMARTS) is 1. The average Bonchev–Trinajstić information content (AvgIpc) is 2.73. The number of aliphatic carboxylic acids is 1. The second kappa shape index (κ2) is 9.80. The highest BCUT2D eigenvalue weighted by Gasteiger charge is 2.27. The van der Waals surface area contributed by atoms with Gasteiger partial charge in [0.15, 0.2) is 0 Å². The van der Waals surface area contributed by atoms with E-state index >= 15 is 0 Å². The highest BCUT2D eigenvalue weighted by atomic mass is 19.1. The molecule has 8 heteroatoms. The minimum absolute atomic E-state index is 0.0186. The van der Waals surface area contributed by atoms with Crippen LogP contribution in [-0.4, -0.2) is 40.0 Å². The lowest BCUT2D eigenvalue weighted by Crippen LogP contribution is -2.52. The monoisotopic (exact) mass is 423 g/mol. The molecule has 1 heterocycles. The van der Waals surface area contributed by atoms with Gasteiger partial charge in [0.05, 0.1) is 5.52 Å².